The molecule has 0 bridgehead atoms. The van der Waals surface area contributed by atoms with E-state index in [0.29, 0.717) is 5.92 Å². The Balaban J connectivity index is 1.91. The van der Waals surface area contributed by atoms with Gasteiger partial charge in [0.15, 0.2) is 0 Å². The van der Waals surface area contributed by atoms with E-state index in [1.165, 1.54) is 0 Å². The van der Waals surface area contributed by atoms with Gasteiger partial charge < -0.3 is 14.7 Å². The second kappa shape index (κ2) is 7.07. The molecule has 2 fully saturated rings. The molecule has 2 rings (SSSR count). The van der Waals surface area contributed by atoms with Gasteiger partial charge in [0.25, 0.3) is 0 Å². The molecule has 0 aromatic rings. The molecule has 1 saturated heterocycles. The lowest BCUT2D eigenvalue weighted by atomic mass is 9.88. The van der Waals surface area contributed by atoms with E-state index < -0.39 is 43.0 Å². The predicted molar refractivity (Wildman–Crippen MR) is 74.6 cm³/mol. The molecule has 0 aromatic heterocycles. The Bertz CT molecular complexity index is 454. The van der Waals surface area contributed by atoms with Crippen molar-refractivity contribution in [2.45, 2.75) is 44.9 Å². The third-order valence-corrected chi connectivity index (χ3v) is 4.86. The predicted octanol–water partition coefficient (Wildman–Crippen LogP) is 2.30. The zero-order valence-electron chi connectivity index (χ0n) is 13.0. The highest BCUT2D eigenvalue weighted by Crippen LogP contribution is 2.37. The Morgan fingerprint density at radius 1 is 1.22 bits per heavy atom. The lowest BCUT2D eigenvalue weighted by molar-refractivity contribution is -0.188. The number of halogens is 3. The molecule has 1 amide bonds. The molecule has 23 heavy (non-hydrogen) atoms. The fourth-order valence-electron chi connectivity index (χ4n) is 3.39. The van der Waals surface area contributed by atoms with Crippen LogP contribution in [0, 0.1) is 17.8 Å². The molecule has 8 heteroatoms. The van der Waals surface area contributed by atoms with Gasteiger partial charge >= 0.3 is 12.1 Å². The Hall–Kier alpha value is -1.31. The third kappa shape index (κ3) is 4.37. The minimum absolute atomic E-state index is 0.0519. The lowest BCUT2D eigenvalue weighted by Crippen LogP contribution is -2.36. The molecule has 1 aliphatic heterocycles. The van der Waals surface area contributed by atoms with Crippen molar-refractivity contribution in [2.75, 3.05) is 19.7 Å². The largest absolute Gasteiger partial charge is 0.481 e. The Morgan fingerprint density at radius 2 is 1.87 bits per heavy atom. The summed E-state index contributed by atoms with van der Waals surface area (Å²) in [4.78, 5) is 24.0. The van der Waals surface area contributed by atoms with Crippen molar-refractivity contribution in [3.05, 3.63) is 0 Å². The summed E-state index contributed by atoms with van der Waals surface area (Å²) in [5.41, 5.74) is 0. The van der Waals surface area contributed by atoms with E-state index in [9.17, 15) is 22.8 Å². The van der Waals surface area contributed by atoms with Crippen LogP contribution in [0.5, 0.6) is 0 Å². The SMILES string of the molecule is CC1CCCCC1OCC(=O)N1C[C@@H](C(F)(F)F)[C@H](C(=O)O)C1. The summed E-state index contributed by atoms with van der Waals surface area (Å²) in [5.74, 6) is -5.39. The van der Waals surface area contributed by atoms with Gasteiger partial charge in [-0.2, -0.15) is 13.2 Å². The molecule has 4 atom stereocenters. The van der Waals surface area contributed by atoms with Gasteiger partial charge in [-0.3, -0.25) is 9.59 Å². The van der Waals surface area contributed by atoms with Gasteiger partial charge in [0, 0.05) is 13.1 Å². The maximum atomic E-state index is 12.9. The number of carboxylic acid groups (broad SMARTS) is 1. The van der Waals surface area contributed by atoms with E-state index in [1.807, 2.05) is 6.92 Å². The lowest BCUT2D eigenvalue weighted by Gasteiger charge is -2.29. The number of hydrogen-bond donors (Lipinski definition) is 1. The summed E-state index contributed by atoms with van der Waals surface area (Å²) in [5, 5.41) is 8.95. The van der Waals surface area contributed by atoms with Crippen molar-refractivity contribution in [1.82, 2.24) is 4.90 Å². The summed E-state index contributed by atoms with van der Waals surface area (Å²) in [6.45, 7) is 0.723. The Labute approximate surface area is 132 Å². The summed E-state index contributed by atoms with van der Waals surface area (Å²) in [7, 11) is 0. The summed E-state index contributed by atoms with van der Waals surface area (Å²) >= 11 is 0. The number of rotatable bonds is 4. The van der Waals surface area contributed by atoms with Crippen LogP contribution in [0.3, 0.4) is 0 Å². The van der Waals surface area contributed by atoms with Gasteiger partial charge in [-0.05, 0) is 18.8 Å². The fraction of sp³-hybridized carbons (Fsp3) is 0.867. The smallest absolute Gasteiger partial charge is 0.394 e. The highest BCUT2D eigenvalue weighted by molar-refractivity contribution is 5.80. The van der Waals surface area contributed by atoms with Crippen LogP contribution in [0.4, 0.5) is 13.2 Å². The molecule has 132 valence electrons. The number of nitrogens with zero attached hydrogens (tertiary/aromatic N) is 1. The van der Waals surface area contributed by atoms with E-state index in [4.69, 9.17) is 9.84 Å². The molecule has 2 aliphatic rings. The quantitative estimate of drug-likeness (QED) is 0.855. The fourth-order valence-corrected chi connectivity index (χ4v) is 3.39. The number of ether oxygens (including phenoxy) is 1. The molecule has 2 unspecified atom stereocenters. The van der Waals surface area contributed by atoms with Crippen LogP contribution >= 0.6 is 0 Å². The first-order valence-electron chi connectivity index (χ1n) is 7.89. The van der Waals surface area contributed by atoms with Crippen LogP contribution in [-0.2, 0) is 14.3 Å². The summed E-state index contributed by atoms with van der Waals surface area (Å²) < 4.78 is 44.3. The number of carbonyl (C=O) groups is 2. The maximum absolute atomic E-state index is 12.9. The summed E-state index contributed by atoms with van der Waals surface area (Å²) in [6.07, 6.45) is -0.684. The molecule has 1 aliphatic carbocycles. The number of amides is 1. The van der Waals surface area contributed by atoms with E-state index in [0.717, 1.165) is 30.6 Å². The minimum Gasteiger partial charge on any atom is -0.481 e. The molecular formula is C15H22F3NO4. The van der Waals surface area contributed by atoms with Crippen LogP contribution in [0.1, 0.15) is 32.6 Å². The van der Waals surface area contributed by atoms with Crippen LogP contribution < -0.4 is 0 Å². The van der Waals surface area contributed by atoms with E-state index >= 15 is 0 Å². The van der Waals surface area contributed by atoms with Gasteiger partial charge in [-0.1, -0.05) is 19.8 Å². The second-order valence-corrected chi connectivity index (χ2v) is 6.50. The first-order chi connectivity index (χ1) is 10.7. The van der Waals surface area contributed by atoms with Gasteiger partial charge in [-0.15, -0.1) is 0 Å². The molecule has 0 aromatic carbocycles. The zero-order valence-corrected chi connectivity index (χ0v) is 13.0. The van der Waals surface area contributed by atoms with E-state index in [2.05, 4.69) is 0 Å². The number of carbonyl (C=O) groups excluding carboxylic acids is 1. The molecule has 1 N–H and O–H groups in total. The van der Waals surface area contributed by atoms with Gasteiger partial charge in [0.05, 0.1) is 17.9 Å². The molecule has 0 radical (unpaired) electrons. The number of carboxylic acids is 1. The van der Waals surface area contributed by atoms with Crippen molar-refractivity contribution >= 4 is 11.9 Å². The Morgan fingerprint density at radius 3 is 2.39 bits per heavy atom. The molecular weight excluding hydrogens is 315 g/mol. The first kappa shape index (κ1) is 18.0. The molecule has 0 spiro atoms. The number of aliphatic carboxylic acids is 1. The van der Waals surface area contributed by atoms with Crippen LogP contribution in [0.2, 0.25) is 0 Å². The van der Waals surface area contributed by atoms with Crippen LogP contribution in [0.15, 0.2) is 0 Å². The maximum Gasteiger partial charge on any atom is 0.394 e. The first-order valence-corrected chi connectivity index (χ1v) is 7.89. The zero-order chi connectivity index (χ0) is 17.2. The normalized spacial score (nSPS) is 32.1. The highest BCUT2D eigenvalue weighted by Gasteiger charge is 2.53. The number of alkyl halides is 3. The van der Waals surface area contributed by atoms with Crippen molar-refractivity contribution in [3.63, 3.8) is 0 Å². The third-order valence-electron chi connectivity index (χ3n) is 4.86. The highest BCUT2D eigenvalue weighted by atomic mass is 19.4. The van der Waals surface area contributed by atoms with Gasteiger partial charge in [0.1, 0.15) is 6.61 Å². The molecule has 1 saturated carbocycles. The number of likely N-dealkylation sites (tertiary alicyclic amines) is 1. The topological polar surface area (TPSA) is 66.8 Å². The van der Waals surface area contributed by atoms with Crippen LogP contribution in [0.25, 0.3) is 0 Å². The van der Waals surface area contributed by atoms with Gasteiger partial charge in [0.2, 0.25) is 5.91 Å². The number of hydrogen-bond acceptors (Lipinski definition) is 3. The second-order valence-electron chi connectivity index (χ2n) is 6.50. The van der Waals surface area contributed by atoms with Crippen LogP contribution in [-0.4, -0.2) is 53.9 Å². The van der Waals surface area contributed by atoms with Crippen molar-refractivity contribution in [3.8, 4) is 0 Å². The molecule has 1 heterocycles. The van der Waals surface area contributed by atoms with E-state index in [1.54, 1.807) is 0 Å². The molecule has 5 nitrogen and oxygen atoms in total. The average molecular weight is 337 g/mol. The van der Waals surface area contributed by atoms with Crippen molar-refractivity contribution in [2.24, 2.45) is 17.8 Å². The summed E-state index contributed by atoms with van der Waals surface area (Å²) in [6, 6.07) is 0. The van der Waals surface area contributed by atoms with Crippen molar-refractivity contribution in [1.29, 1.82) is 0 Å². The standard InChI is InChI=1S/C15H22F3NO4/c1-9-4-2-3-5-12(9)23-8-13(20)19-6-10(14(21)22)11(7-19)15(16,17)18/h9-12H,2-8H2,1H3,(H,21,22)/t9?,10-,11-,12?/m1/s1. The minimum atomic E-state index is -4.63. The monoisotopic (exact) mass is 337 g/mol. The van der Waals surface area contributed by atoms with Gasteiger partial charge in [-0.25, -0.2) is 0 Å². The van der Waals surface area contributed by atoms with Crippen molar-refractivity contribution < 1.29 is 32.6 Å². The Kier molecular flexibility index (Phi) is 5.54. The van der Waals surface area contributed by atoms with E-state index in [-0.39, 0.29) is 12.7 Å². The average Bonchev–Trinajstić information content (AvgIpc) is 2.91.